The molecule has 0 atom stereocenters. The van der Waals surface area contributed by atoms with Crippen LogP contribution in [0.4, 0.5) is 4.79 Å². The number of fused-ring (bicyclic) bond motifs is 1. The van der Waals surface area contributed by atoms with E-state index in [0.29, 0.717) is 12.1 Å². The molecule has 208 valence electrons. The van der Waals surface area contributed by atoms with E-state index < -0.39 is 5.60 Å². The first kappa shape index (κ1) is 27.2. The van der Waals surface area contributed by atoms with Crippen molar-refractivity contribution in [1.29, 1.82) is 5.26 Å². The summed E-state index contributed by atoms with van der Waals surface area (Å²) in [5.41, 5.74) is 4.62. The van der Waals surface area contributed by atoms with E-state index in [2.05, 4.69) is 38.9 Å². The SMILES string of the molecule is C=N/C(=C\C=C(/C)c1cc(-c2cnn(C)c2)cn2ncc(C#N)c12)N1CC2(CCCN(C(=O)OC(C)(C)C)C2)C1. The maximum absolute atomic E-state index is 12.7. The number of amides is 1. The fraction of sp³-hybridized carbons (Fsp3) is 0.433. The zero-order valence-electron chi connectivity index (χ0n) is 23.9. The standard InChI is InChI=1S/C30H36N8O2/c1-21(25-12-22(24-15-33-35(6)16-24)17-38-27(25)23(13-31)14-34-38)8-9-26(32-5)37-19-30(20-37)10-7-11-36(18-30)28(39)40-29(2,3)4/h8-9,12,14-17H,5,7,10-11,18-20H2,1-4,6H3/b21-8+,26-9+. The van der Waals surface area contributed by atoms with Crippen molar-refractivity contribution in [2.75, 3.05) is 26.2 Å². The van der Waals surface area contributed by atoms with Gasteiger partial charge in [0.25, 0.3) is 0 Å². The molecule has 2 fully saturated rings. The second-order valence-electron chi connectivity index (χ2n) is 11.9. The first-order chi connectivity index (χ1) is 19.0. The minimum absolute atomic E-state index is 0.0429. The fourth-order valence-corrected chi connectivity index (χ4v) is 5.65. The van der Waals surface area contributed by atoms with E-state index in [9.17, 15) is 10.1 Å². The number of ether oxygens (including phenoxy) is 1. The summed E-state index contributed by atoms with van der Waals surface area (Å²) in [6, 6.07) is 4.33. The third-order valence-corrected chi connectivity index (χ3v) is 7.53. The second-order valence-corrected chi connectivity index (χ2v) is 11.9. The first-order valence-electron chi connectivity index (χ1n) is 13.5. The second kappa shape index (κ2) is 10.3. The van der Waals surface area contributed by atoms with Crippen LogP contribution in [0.15, 0.2) is 53.8 Å². The van der Waals surface area contributed by atoms with Gasteiger partial charge in [-0.25, -0.2) is 14.3 Å². The molecule has 3 aromatic heterocycles. The largest absolute Gasteiger partial charge is 0.444 e. The van der Waals surface area contributed by atoms with E-state index in [-0.39, 0.29) is 11.5 Å². The molecule has 2 aliphatic heterocycles. The maximum Gasteiger partial charge on any atom is 0.410 e. The third kappa shape index (κ3) is 5.37. The van der Waals surface area contributed by atoms with Crippen molar-refractivity contribution >= 4 is 23.9 Å². The molecule has 3 aromatic rings. The molecule has 0 aromatic carbocycles. The molecular formula is C30H36N8O2. The lowest BCUT2D eigenvalue weighted by Crippen LogP contribution is -2.63. The molecule has 0 N–H and O–H groups in total. The number of piperidine rings is 1. The average molecular weight is 541 g/mol. The number of aryl methyl sites for hydroxylation is 1. The van der Waals surface area contributed by atoms with Gasteiger partial charge in [-0.2, -0.15) is 15.5 Å². The van der Waals surface area contributed by atoms with Gasteiger partial charge in [-0.15, -0.1) is 0 Å². The van der Waals surface area contributed by atoms with Gasteiger partial charge < -0.3 is 14.5 Å². The molecule has 40 heavy (non-hydrogen) atoms. The minimum atomic E-state index is -0.506. The van der Waals surface area contributed by atoms with Crippen LogP contribution in [0.2, 0.25) is 0 Å². The van der Waals surface area contributed by atoms with Gasteiger partial charge in [0.05, 0.1) is 23.5 Å². The van der Waals surface area contributed by atoms with Crippen LogP contribution in [-0.2, 0) is 11.8 Å². The van der Waals surface area contributed by atoms with Crippen molar-refractivity contribution in [2.24, 2.45) is 17.5 Å². The van der Waals surface area contributed by atoms with Gasteiger partial charge >= 0.3 is 6.09 Å². The number of nitriles is 1. The summed E-state index contributed by atoms with van der Waals surface area (Å²) in [5.74, 6) is 0.785. The molecule has 0 aliphatic carbocycles. The lowest BCUT2D eigenvalue weighted by molar-refractivity contribution is -0.0459. The van der Waals surface area contributed by atoms with E-state index >= 15 is 0 Å². The molecular weight excluding hydrogens is 504 g/mol. The number of nitrogens with zero attached hydrogens (tertiary/aromatic N) is 8. The van der Waals surface area contributed by atoms with E-state index in [1.165, 1.54) is 0 Å². The minimum Gasteiger partial charge on any atom is -0.444 e. The number of allylic oxidation sites excluding steroid dienone is 3. The highest BCUT2D eigenvalue weighted by atomic mass is 16.6. The molecule has 0 unspecified atom stereocenters. The van der Waals surface area contributed by atoms with Crippen LogP contribution in [-0.4, -0.2) is 73.8 Å². The lowest BCUT2D eigenvalue weighted by Gasteiger charge is -2.55. The molecule has 5 heterocycles. The number of hydrogen-bond donors (Lipinski definition) is 0. The molecule has 5 rings (SSSR count). The summed E-state index contributed by atoms with van der Waals surface area (Å²) in [6.45, 7) is 14.6. The number of hydrogen-bond acceptors (Lipinski definition) is 7. The summed E-state index contributed by atoms with van der Waals surface area (Å²) in [7, 11) is 1.88. The summed E-state index contributed by atoms with van der Waals surface area (Å²) in [4.78, 5) is 21.0. The van der Waals surface area contributed by atoms with Crippen LogP contribution >= 0.6 is 0 Å². The summed E-state index contributed by atoms with van der Waals surface area (Å²) >= 11 is 0. The lowest BCUT2D eigenvalue weighted by atomic mass is 9.73. The summed E-state index contributed by atoms with van der Waals surface area (Å²) in [5, 5.41) is 18.4. The molecule has 0 radical (unpaired) electrons. The normalized spacial score (nSPS) is 17.6. The van der Waals surface area contributed by atoms with Gasteiger partial charge in [0.2, 0.25) is 0 Å². The van der Waals surface area contributed by atoms with Crippen molar-refractivity contribution < 1.29 is 9.53 Å². The van der Waals surface area contributed by atoms with Crippen LogP contribution in [0.5, 0.6) is 0 Å². The Morgan fingerprint density at radius 2 is 1.90 bits per heavy atom. The Morgan fingerprint density at radius 3 is 2.55 bits per heavy atom. The predicted octanol–water partition coefficient (Wildman–Crippen LogP) is 4.88. The average Bonchev–Trinajstić information content (AvgIpc) is 3.52. The van der Waals surface area contributed by atoms with Gasteiger partial charge in [-0.1, -0.05) is 6.08 Å². The van der Waals surface area contributed by atoms with Crippen molar-refractivity contribution in [2.45, 2.75) is 46.1 Å². The van der Waals surface area contributed by atoms with Crippen LogP contribution in [0.3, 0.4) is 0 Å². The quantitative estimate of drug-likeness (QED) is 0.337. The van der Waals surface area contributed by atoms with Crippen LogP contribution in [0.1, 0.15) is 51.7 Å². The highest BCUT2D eigenvalue weighted by Crippen LogP contribution is 2.41. The predicted molar refractivity (Wildman–Crippen MR) is 154 cm³/mol. The summed E-state index contributed by atoms with van der Waals surface area (Å²) < 4.78 is 9.13. The summed E-state index contributed by atoms with van der Waals surface area (Å²) in [6.07, 6.45) is 13.1. The highest BCUT2D eigenvalue weighted by molar-refractivity contribution is 5.84. The van der Waals surface area contributed by atoms with Crippen LogP contribution < -0.4 is 0 Å². The van der Waals surface area contributed by atoms with Crippen molar-refractivity contribution in [1.82, 2.24) is 29.2 Å². The van der Waals surface area contributed by atoms with E-state index in [1.54, 1.807) is 15.4 Å². The van der Waals surface area contributed by atoms with Crippen molar-refractivity contribution in [3.63, 3.8) is 0 Å². The highest BCUT2D eigenvalue weighted by Gasteiger charge is 2.47. The Kier molecular flexibility index (Phi) is 7.00. The van der Waals surface area contributed by atoms with Gasteiger partial charge in [-0.3, -0.25) is 4.68 Å². The number of carbonyl (C=O) groups excluding carboxylic acids is 1. The van der Waals surface area contributed by atoms with Crippen LogP contribution in [0, 0.1) is 16.7 Å². The Balaban J connectivity index is 1.37. The zero-order chi connectivity index (χ0) is 28.7. The molecule has 0 bridgehead atoms. The van der Waals surface area contributed by atoms with Gasteiger partial charge in [-0.05, 0) is 65.0 Å². The van der Waals surface area contributed by atoms with Gasteiger partial charge in [0.1, 0.15) is 17.5 Å². The fourth-order valence-electron chi connectivity index (χ4n) is 5.65. The topological polar surface area (TPSA) is 104 Å². The van der Waals surface area contributed by atoms with E-state index in [0.717, 1.165) is 66.1 Å². The molecule has 0 saturated carbocycles. The monoisotopic (exact) mass is 540 g/mol. The Labute approximate surface area is 234 Å². The molecule has 10 heteroatoms. The van der Waals surface area contributed by atoms with Gasteiger partial charge in [0, 0.05) is 67.7 Å². The smallest absolute Gasteiger partial charge is 0.410 e. The maximum atomic E-state index is 12.7. The number of carbonyl (C=O) groups is 1. The number of likely N-dealkylation sites (tertiary alicyclic amines) is 2. The van der Waals surface area contributed by atoms with Crippen molar-refractivity contribution in [3.05, 3.63) is 60.0 Å². The Hall–Kier alpha value is -4.39. The Bertz CT molecular complexity index is 1560. The van der Waals surface area contributed by atoms with Crippen molar-refractivity contribution in [3.8, 4) is 17.2 Å². The molecule has 10 nitrogen and oxygen atoms in total. The molecule has 2 aliphatic rings. The Morgan fingerprint density at radius 1 is 1.15 bits per heavy atom. The zero-order valence-corrected chi connectivity index (χ0v) is 23.9. The molecule has 2 saturated heterocycles. The molecule has 1 amide bonds. The van der Waals surface area contributed by atoms with Crippen LogP contribution in [0.25, 0.3) is 22.2 Å². The third-order valence-electron chi connectivity index (χ3n) is 7.53. The number of rotatable bonds is 5. The van der Waals surface area contributed by atoms with E-state index in [1.807, 2.05) is 70.4 Å². The number of pyridine rings is 1. The molecule has 1 spiro atoms. The number of aromatic nitrogens is 4. The number of aliphatic imine (C=N–C) groups is 1. The van der Waals surface area contributed by atoms with E-state index in [4.69, 9.17) is 4.74 Å². The van der Waals surface area contributed by atoms with Gasteiger partial charge in [0.15, 0.2) is 0 Å². The first-order valence-corrected chi connectivity index (χ1v) is 13.5.